The lowest BCUT2D eigenvalue weighted by Crippen LogP contribution is -2.61. The van der Waals surface area contributed by atoms with Crippen LogP contribution in [-0.4, -0.2) is 41.6 Å². The standard InChI is InChI=1S/C14H19N5O4/c1-14(2,3)23-13(21)19-7-9(8-19)17-12(20)11-5-4-10(22-11)6-16-18-15/h4-5,9H,6-8H2,1-3H3,(H,17,20). The monoisotopic (exact) mass is 321 g/mol. The summed E-state index contributed by atoms with van der Waals surface area (Å²) in [7, 11) is 0. The normalized spacial score (nSPS) is 14.7. The SMILES string of the molecule is CC(C)(C)OC(=O)N1CC(NC(=O)c2ccc(CN=[N+]=[N-])o2)C1. The highest BCUT2D eigenvalue weighted by Gasteiger charge is 2.34. The molecule has 9 heteroatoms. The van der Waals surface area contributed by atoms with Crippen molar-refractivity contribution in [3.05, 3.63) is 34.1 Å². The van der Waals surface area contributed by atoms with Gasteiger partial charge in [0, 0.05) is 18.0 Å². The number of likely N-dealkylation sites (tertiary alicyclic amines) is 1. The molecule has 1 aliphatic rings. The van der Waals surface area contributed by atoms with Gasteiger partial charge in [0.15, 0.2) is 5.76 Å². The fourth-order valence-corrected chi connectivity index (χ4v) is 1.99. The molecule has 2 amide bonds. The molecule has 0 aliphatic carbocycles. The second-order valence-electron chi connectivity index (χ2n) is 6.21. The molecule has 1 fully saturated rings. The van der Waals surface area contributed by atoms with Gasteiger partial charge in [0.05, 0.1) is 12.6 Å². The molecule has 0 radical (unpaired) electrons. The Balaban J connectivity index is 1.79. The van der Waals surface area contributed by atoms with E-state index in [9.17, 15) is 9.59 Å². The van der Waals surface area contributed by atoms with Crippen molar-refractivity contribution in [2.45, 2.75) is 39.0 Å². The molecule has 1 aromatic heterocycles. The molecular formula is C14H19N5O4. The van der Waals surface area contributed by atoms with E-state index in [1.165, 1.54) is 11.0 Å². The Morgan fingerprint density at radius 1 is 1.48 bits per heavy atom. The largest absolute Gasteiger partial charge is 0.456 e. The molecule has 1 aliphatic heterocycles. The summed E-state index contributed by atoms with van der Waals surface area (Å²) in [5, 5.41) is 6.12. The van der Waals surface area contributed by atoms with Gasteiger partial charge in [0.25, 0.3) is 5.91 Å². The molecule has 2 rings (SSSR count). The van der Waals surface area contributed by atoms with Crippen LogP contribution in [-0.2, 0) is 11.3 Å². The first-order chi connectivity index (χ1) is 10.8. The smallest absolute Gasteiger partial charge is 0.410 e. The molecule has 1 aromatic rings. The van der Waals surface area contributed by atoms with Crippen LogP contribution in [0.4, 0.5) is 4.79 Å². The van der Waals surface area contributed by atoms with Gasteiger partial charge in [-0.2, -0.15) is 0 Å². The van der Waals surface area contributed by atoms with E-state index in [0.717, 1.165) is 0 Å². The van der Waals surface area contributed by atoms with Crippen LogP contribution in [0.1, 0.15) is 37.1 Å². The van der Waals surface area contributed by atoms with E-state index in [-0.39, 0.29) is 24.3 Å². The van der Waals surface area contributed by atoms with Crippen molar-refractivity contribution in [2.75, 3.05) is 13.1 Å². The maximum absolute atomic E-state index is 12.0. The quantitative estimate of drug-likeness (QED) is 0.520. The van der Waals surface area contributed by atoms with Crippen molar-refractivity contribution < 1.29 is 18.7 Å². The summed E-state index contributed by atoms with van der Waals surface area (Å²) in [6, 6.07) is 2.96. The molecule has 0 atom stereocenters. The van der Waals surface area contributed by atoms with Crippen LogP contribution in [0.15, 0.2) is 21.7 Å². The van der Waals surface area contributed by atoms with Crippen molar-refractivity contribution in [3.63, 3.8) is 0 Å². The molecule has 23 heavy (non-hydrogen) atoms. The average Bonchev–Trinajstić information content (AvgIpc) is 2.86. The van der Waals surface area contributed by atoms with Gasteiger partial charge in [-0.05, 0) is 38.4 Å². The van der Waals surface area contributed by atoms with Crippen molar-refractivity contribution in [1.82, 2.24) is 10.2 Å². The Kier molecular flexibility index (Phi) is 4.80. The van der Waals surface area contributed by atoms with Gasteiger partial charge in [0.1, 0.15) is 11.4 Å². The minimum absolute atomic E-state index is 0.0552. The number of nitrogens with zero attached hydrogens (tertiary/aromatic N) is 4. The Morgan fingerprint density at radius 2 is 2.17 bits per heavy atom. The second-order valence-corrected chi connectivity index (χ2v) is 6.21. The number of rotatable bonds is 4. The fourth-order valence-electron chi connectivity index (χ4n) is 1.99. The molecule has 0 saturated carbocycles. The minimum atomic E-state index is -0.540. The van der Waals surface area contributed by atoms with E-state index in [1.54, 1.807) is 26.8 Å². The van der Waals surface area contributed by atoms with Gasteiger partial charge in [0.2, 0.25) is 0 Å². The van der Waals surface area contributed by atoms with Crippen LogP contribution in [0.2, 0.25) is 0 Å². The first kappa shape index (κ1) is 16.7. The molecule has 1 saturated heterocycles. The van der Waals surface area contributed by atoms with E-state index >= 15 is 0 Å². The molecule has 0 bridgehead atoms. The highest BCUT2D eigenvalue weighted by molar-refractivity contribution is 5.91. The third-order valence-electron chi connectivity index (χ3n) is 3.04. The summed E-state index contributed by atoms with van der Waals surface area (Å²) in [5.74, 6) is 0.187. The Hall–Kier alpha value is -2.67. The van der Waals surface area contributed by atoms with Crippen molar-refractivity contribution >= 4 is 12.0 Å². The zero-order chi connectivity index (χ0) is 17.0. The van der Waals surface area contributed by atoms with Crippen molar-refractivity contribution in [3.8, 4) is 0 Å². The third kappa shape index (κ3) is 4.65. The predicted octanol–water partition coefficient (Wildman–Crippen LogP) is 2.44. The van der Waals surface area contributed by atoms with Gasteiger partial charge in [-0.3, -0.25) is 4.79 Å². The maximum atomic E-state index is 12.0. The molecule has 0 unspecified atom stereocenters. The number of hydrogen-bond acceptors (Lipinski definition) is 5. The average molecular weight is 321 g/mol. The summed E-state index contributed by atoms with van der Waals surface area (Å²) in [6.45, 7) is 6.25. The van der Waals surface area contributed by atoms with E-state index in [0.29, 0.717) is 18.8 Å². The number of nitrogens with one attached hydrogen (secondary N) is 1. The lowest BCUT2D eigenvalue weighted by Gasteiger charge is -2.39. The number of hydrogen-bond donors (Lipinski definition) is 1. The molecule has 9 nitrogen and oxygen atoms in total. The van der Waals surface area contributed by atoms with Gasteiger partial charge in [-0.1, -0.05) is 5.11 Å². The molecule has 2 heterocycles. The summed E-state index contributed by atoms with van der Waals surface area (Å²) in [5.41, 5.74) is 7.70. The van der Waals surface area contributed by atoms with Crippen LogP contribution in [0.5, 0.6) is 0 Å². The van der Waals surface area contributed by atoms with Crippen molar-refractivity contribution in [2.24, 2.45) is 5.11 Å². The van der Waals surface area contributed by atoms with Crippen LogP contribution >= 0.6 is 0 Å². The highest BCUT2D eigenvalue weighted by Crippen LogP contribution is 2.16. The van der Waals surface area contributed by atoms with Crippen molar-refractivity contribution in [1.29, 1.82) is 0 Å². The van der Waals surface area contributed by atoms with E-state index in [4.69, 9.17) is 14.7 Å². The first-order valence-corrected chi connectivity index (χ1v) is 7.17. The fraction of sp³-hybridized carbons (Fsp3) is 0.571. The molecule has 0 spiro atoms. The van der Waals surface area contributed by atoms with Gasteiger partial charge < -0.3 is 19.4 Å². The zero-order valence-electron chi connectivity index (χ0n) is 13.3. The zero-order valence-corrected chi connectivity index (χ0v) is 13.3. The molecule has 1 N–H and O–H groups in total. The van der Waals surface area contributed by atoms with Gasteiger partial charge in [-0.25, -0.2) is 4.79 Å². The highest BCUT2D eigenvalue weighted by atomic mass is 16.6. The van der Waals surface area contributed by atoms with Crippen LogP contribution in [0.25, 0.3) is 10.4 Å². The predicted molar refractivity (Wildman–Crippen MR) is 80.6 cm³/mol. The van der Waals surface area contributed by atoms with Gasteiger partial charge >= 0.3 is 6.09 Å². The van der Waals surface area contributed by atoms with E-state index < -0.39 is 11.7 Å². The lowest BCUT2D eigenvalue weighted by atomic mass is 10.1. The minimum Gasteiger partial charge on any atom is -0.456 e. The molecule has 0 aromatic carbocycles. The summed E-state index contributed by atoms with van der Waals surface area (Å²) >= 11 is 0. The number of furan rings is 1. The van der Waals surface area contributed by atoms with E-state index in [1.807, 2.05) is 0 Å². The maximum Gasteiger partial charge on any atom is 0.410 e. The van der Waals surface area contributed by atoms with Gasteiger partial charge in [-0.15, -0.1) is 0 Å². The Morgan fingerprint density at radius 3 is 2.78 bits per heavy atom. The summed E-state index contributed by atoms with van der Waals surface area (Å²) in [4.78, 5) is 27.9. The van der Waals surface area contributed by atoms with Crippen LogP contribution in [0.3, 0.4) is 0 Å². The Bertz CT molecular complexity index is 636. The van der Waals surface area contributed by atoms with Crippen LogP contribution < -0.4 is 5.32 Å². The second kappa shape index (κ2) is 6.62. The summed E-state index contributed by atoms with van der Waals surface area (Å²) in [6.07, 6.45) is -0.391. The molecule has 124 valence electrons. The Labute approximate surface area is 133 Å². The topological polar surface area (TPSA) is 121 Å². The summed E-state index contributed by atoms with van der Waals surface area (Å²) < 4.78 is 10.5. The molecular weight excluding hydrogens is 302 g/mol. The number of carbonyl (C=O) groups is 2. The number of azide groups is 1. The number of carbonyl (C=O) groups excluding carboxylic acids is 2. The van der Waals surface area contributed by atoms with E-state index in [2.05, 4.69) is 15.3 Å². The van der Waals surface area contributed by atoms with Crippen LogP contribution in [0, 0.1) is 0 Å². The number of amides is 2. The lowest BCUT2D eigenvalue weighted by molar-refractivity contribution is 0.00521. The third-order valence-corrected chi connectivity index (χ3v) is 3.04. The number of ether oxygens (including phenoxy) is 1. The first-order valence-electron chi connectivity index (χ1n) is 7.17.